The molecule has 0 radical (unpaired) electrons. The number of benzene rings is 1. The highest BCUT2D eigenvalue weighted by molar-refractivity contribution is 5.61. The highest BCUT2D eigenvalue weighted by Gasteiger charge is 2.01. The minimum atomic E-state index is 1.28. The summed E-state index contributed by atoms with van der Waals surface area (Å²) in [5.41, 5.74) is 1.28. The molecule has 13 heavy (non-hydrogen) atoms. The Morgan fingerprint density at radius 1 is 1.31 bits per heavy atom. The van der Waals surface area contributed by atoms with E-state index < -0.39 is 0 Å². The number of anilines is 1. The Morgan fingerprint density at radius 3 is 2.92 bits per heavy atom. The fourth-order valence-corrected chi connectivity index (χ4v) is 1.66. The van der Waals surface area contributed by atoms with Crippen LogP contribution in [0.3, 0.4) is 0 Å². The van der Waals surface area contributed by atoms with Gasteiger partial charge in [-0.15, -0.1) is 0 Å². The Balaban J connectivity index is 2.85. The first-order valence-electron chi connectivity index (χ1n) is 4.49. The van der Waals surface area contributed by atoms with Crippen molar-refractivity contribution in [2.75, 3.05) is 11.9 Å². The number of allylic oxidation sites excluding steroid dienone is 1. The maximum atomic E-state index is 2.16. The van der Waals surface area contributed by atoms with E-state index in [0.29, 0.717) is 0 Å². The topological polar surface area (TPSA) is 3.24 Å². The lowest BCUT2D eigenvalue weighted by Crippen LogP contribution is -2.31. The van der Waals surface area contributed by atoms with Crippen molar-refractivity contribution >= 4 is 17.8 Å². The summed E-state index contributed by atoms with van der Waals surface area (Å²) in [7, 11) is 2.07. The fraction of sp³-hybridized carbons (Fsp3) is 0.167. The Morgan fingerprint density at radius 2 is 2.15 bits per heavy atom. The second kappa shape index (κ2) is 3.09. The summed E-state index contributed by atoms with van der Waals surface area (Å²) >= 11 is 0. The van der Waals surface area contributed by atoms with E-state index in [4.69, 9.17) is 0 Å². The van der Waals surface area contributed by atoms with Crippen LogP contribution >= 0.6 is 0 Å². The summed E-state index contributed by atoms with van der Waals surface area (Å²) in [4.78, 5) is 2.14. The molecule has 0 saturated carbocycles. The Kier molecular flexibility index (Phi) is 1.93. The maximum absolute atomic E-state index is 2.16. The first-order valence-corrected chi connectivity index (χ1v) is 4.49. The van der Waals surface area contributed by atoms with E-state index in [1.807, 2.05) is 0 Å². The van der Waals surface area contributed by atoms with Gasteiger partial charge in [0.15, 0.2) is 0 Å². The lowest BCUT2D eigenvalue weighted by molar-refractivity contribution is 1.17. The monoisotopic (exact) mass is 171 g/mol. The van der Waals surface area contributed by atoms with Gasteiger partial charge in [-0.05, 0) is 24.3 Å². The Labute approximate surface area is 78.3 Å². The van der Waals surface area contributed by atoms with Gasteiger partial charge in [0.25, 0.3) is 0 Å². The summed E-state index contributed by atoms with van der Waals surface area (Å²) in [6.07, 6.45) is 8.45. The van der Waals surface area contributed by atoms with Crippen molar-refractivity contribution in [1.29, 1.82) is 0 Å². The summed E-state index contributed by atoms with van der Waals surface area (Å²) in [5, 5.41) is 2.61. The summed E-state index contributed by atoms with van der Waals surface area (Å²) in [5.74, 6) is 0. The third-order valence-electron chi connectivity index (χ3n) is 2.38. The normalized spacial score (nSPS) is 15.5. The van der Waals surface area contributed by atoms with Crippen LogP contribution in [0.2, 0.25) is 0 Å². The molecule has 0 bridgehead atoms. The number of rotatable bonds is 0. The molecule has 0 amide bonds. The van der Waals surface area contributed by atoms with Crippen molar-refractivity contribution in [3.8, 4) is 0 Å². The van der Waals surface area contributed by atoms with Crippen molar-refractivity contribution in [2.45, 2.75) is 6.92 Å². The first-order chi connectivity index (χ1) is 6.33. The minimum Gasteiger partial charge on any atom is -0.351 e. The lowest BCUT2D eigenvalue weighted by atomic mass is 10.1. The average Bonchev–Trinajstić information content (AvgIpc) is 2.18. The Hall–Kier alpha value is -1.50. The molecule has 0 aromatic heterocycles. The highest BCUT2D eigenvalue weighted by Crippen LogP contribution is 2.07. The molecular weight excluding hydrogens is 158 g/mol. The zero-order valence-electron chi connectivity index (χ0n) is 7.99. The van der Waals surface area contributed by atoms with E-state index >= 15 is 0 Å². The third-order valence-corrected chi connectivity index (χ3v) is 2.38. The zero-order chi connectivity index (χ0) is 9.26. The van der Waals surface area contributed by atoms with E-state index in [9.17, 15) is 0 Å². The van der Waals surface area contributed by atoms with E-state index in [1.54, 1.807) is 0 Å². The van der Waals surface area contributed by atoms with Crippen molar-refractivity contribution in [3.63, 3.8) is 0 Å². The highest BCUT2D eigenvalue weighted by atomic mass is 15.1. The van der Waals surface area contributed by atoms with Gasteiger partial charge in [-0.3, -0.25) is 0 Å². The van der Waals surface area contributed by atoms with Gasteiger partial charge >= 0.3 is 0 Å². The number of hydrogen-bond acceptors (Lipinski definition) is 1. The Bertz CT molecular complexity index is 455. The van der Waals surface area contributed by atoms with Gasteiger partial charge in [-0.2, -0.15) is 0 Å². The van der Waals surface area contributed by atoms with E-state index in [2.05, 4.69) is 61.5 Å². The molecule has 0 unspecified atom stereocenters. The van der Waals surface area contributed by atoms with Gasteiger partial charge in [0.05, 0.1) is 0 Å². The molecule has 0 atom stereocenters. The van der Waals surface area contributed by atoms with Crippen LogP contribution in [0.15, 0.2) is 30.5 Å². The van der Waals surface area contributed by atoms with E-state index in [-0.39, 0.29) is 0 Å². The molecule has 0 saturated heterocycles. The summed E-state index contributed by atoms with van der Waals surface area (Å²) in [6.45, 7) is 2.07. The average molecular weight is 171 g/mol. The van der Waals surface area contributed by atoms with Crippen LogP contribution in [0.4, 0.5) is 5.69 Å². The molecule has 66 valence electrons. The molecule has 1 nitrogen and oxygen atoms in total. The standard InChI is InChI=1S/C12H13N/c1-3-10-6-4-8-12-11(10)7-5-9-13(12)2/h3-9H,1-2H3/b10-3+. The number of nitrogens with zero attached hydrogens (tertiary/aromatic N) is 1. The fourth-order valence-electron chi connectivity index (χ4n) is 1.66. The van der Waals surface area contributed by atoms with Gasteiger partial charge in [0.2, 0.25) is 0 Å². The second-order valence-corrected chi connectivity index (χ2v) is 3.19. The molecular formula is C12H13N. The SMILES string of the molecule is C/C=c1\cccc2c1=CC=CN2C. The van der Waals surface area contributed by atoms with Crippen LogP contribution in [-0.2, 0) is 0 Å². The lowest BCUT2D eigenvalue weighted by Gasteiger charge is -2.17. The van der Waals surface area contributed by atoms with Gasteiger partial charge in [0.1, 0.15) is 0 Å². The molecule has 1 aromatic rings. The molecule has 2 rings (SSSR count). The van der Waals surface area contributed by atoms with E-state index in [0.717, 1.165) is 0 Å². The number of hydrogen-bond donors (Lipinski definition) is 0. The zero-order valence-corrected chi connectivity index (χ0v) is 7.99. The van der Waals surface area contributed by atoms with Crippen LogP contribution in [0, 0.1) is 0 Å². The van der Waals surface area contributed by atoms with Crippen molar-refractivity contribution < 1.29 is 0 Å². The molecule has 0 spiro atoms. The summed E-state index contributed by atoms with van der Waals surface area (Å²) < 4.78 is 0. The quantitative estimate of drug-likeness (QED) is 0.567. The van der Waals surface area contributed by atoms with Crippen molar-refractivity contribution in [3.05, 3.63) is 40.9 Å². The van der Waals surface area contributed by atoms with Crippen LogP contribution < -0.4 is 15.3 Å². The van der Waals surface area contributed by atoms with Gasteiger partial charge in [0, 0.05) is 24.2 Å². The molecule has 0 fully saturated rings. The van der Waals surface area contributed by atoms with E-state index in [1.165, 1.54) is 16.1 Å². The largest absolute Gasteiger partial charge is 0.351 e. The van der Waals surface area contributed by atoms with Gasteiger partial charge in [-0.25, -0.2) is 0 Å². The van der Waals surface area contributed by atoms with Crippen LogP contribution in [0.1, 0.15) is 6.92 Å². The third kappa shape index (κ3) is 1.26. The number of fused-ring (bicyclic) bond motifs is 1. The molecule has 1 aliphatic heterocycles. The van der Waals surface area contributed by atoms with Crippen molar-refractivity contribution in [1.82, 2.24) is 0 Å². The molecule has 1 aliphatic rings. The van der Waals surface area contributed by atoms with Crippen LogP contribution in [-0.4, -0.2) is 7.05 Å². The first kappa shape index (κ1) is 8.11. The predicted molar refractivity (Wildman–Crippen MR) is 57.8 cm³/mol. The van der Waals surface area contributed by atoms with Gasteiger partial charge in [-0.1, -0.05) is 24.3 Å². The molecule has 0 aliphatic carbocycles. The maximum Gasteiger partial charge on any atom is 0.0483 e. The molecule has 1 heterocycles. The predicted octanol–water partition coefficient (Wildman–Crippen LogP) is 1.23. The molecule has 0 N–H and O–H groups in total. The second-order valence-electron chi connectivity index (χ2n) is 3.19. The van der Waals surface area contributed by atoms with Gasteiger partial charge < -0.3 is 4.90 Å². The minimum absolute atomic E-state index is 1.28. The smallest absolute Gasteiger partial charge is 0.0483 e. The molecule has 1 aromatic carbocycles. The van der Waals surface area contributed by atoms with Crippen molar-refractivity contribution in [2.24, 2.45) is 0 Å². The van der Waals surface area contributed by atoms with Crippen LogP contribution in [0.5, 0.6) is 0 Å². The molecule has 1 heteroatoms. The van der Waals surface area contributed by atoms with Crippen LogP contribution in [0.25, 0.3) is 12.2 Å². The summed E-state index contributed by atoms with van der Waals surface area (Å²) in [6, 6.07) is 6.38.